The highest BCUT2D eigenvalue weighted by atomic mass is 16.3. The van der Waals surface area contributed by atoms with Gasteiger partial charge in [-0.1, -0.05) is 27.7 Å². The molecule has 3 aliphatic carbocycles. The molecule has 3 aliphatic rings. The van der Waals surface area contributed by atoms with Crippen LogP contribution in [0.25, 0.3) is 0 Å². The Morgan fingerprint density at radius 2 is 1.50 bits per heavy atom. The second-order valence-corrected chi connectivity index (χ2v) is 7.98. The van der Waals surface area contributed by atoms with Gasteiger partial charge in [0.15, 0.2) is 0 Å². The Balaban J connectivity index is 2.16. The lowest BCUT2D eigenvalue weighted by Crippen LogP contribution is -2.50. The largest absolute Gasteiger partial charge is 0.393 e. The van der Waals surface area contributed by atoms with Crippen LogP contribution < -0.4 is 0 Å². The van der Waals surface area contributed by atoms with Crippen molar-refractivity contribution >= 4 is 0 Å². The first-order valence-corrected chi connectivity index (χ1v) is 7.20. The maximum absolute atomic E-state index is 10.8. The van der Waals surface area contributed by atoms with Crippen molar-refractivity contribution in [2.75, 3.05) is 0 Å². The van der Waals surface area contributed by atoms with E-state index in [1.54, 1.807) is 0 Å². The predicted molar refractivity (Wildman–Crippen MR) is 68.8 cm³/mol. The van der Waals surface area contributed by atoms with Crippen LogP contribution in [0.1, 0.15) is 47.0 Å². The maximum Gasteiger partial charge on any atom is 0.0638 e. The third-order valence-electron chi connectivity index (χ3n) is 7.12. The van der Waals surface area contributed by atoms with Crippen LogP contribution in [0.15, 0.2) is 0 Å². The Hall–Kier alpha value is -0.120. The van der Waals surface area contributed by atoms with Crippen LogP contribution in [0.5, 0.6) is 0 Å². The Morgan fingerprint density at radius 3 is 2.11 bits per heavy atom. The normalized spacial score (nSPS) is 61.8. The van der Waals surface area contributed by atoms with Crippen molar-refractivity contribution in [1.82, 2.24) is 0 Å². The van der Waals surface area contributed by atoms with Gasteiger partial charge in [0.05, 0.1) is 18.3 Å². The van der Waals surface area contributed by atoms with E-state index >= 15 is 0 Å². The molecule has 3 fully saturated rings. The monoisotopic (exact) mass is 254 g/mol. The van der Waals surface area contributed by atoms with E-state index in [0.29, 0.717) is 6.42 Å². The molecule has 3 nitrogen and oxygen atoms in total. The SMILES string of the molecule is CC1(C)C(O)CCC2(C)C3C(O)CC2(C)C(O)C31. The molecule has 7 unspecified atom stereocenters. The summed E-state index contributed by atoms with van der Waals surface area (Å²) in [6, 6.07) is 0. The summed E-state index contributed by atoms with van der Waals surface area (Å²) in [6.45, 7) is 8.45. The molecule has 0 aliphatic heterocycles. The third kappa shape index (κ3) is 1.13. The smallest absolute Gasteiger partial charge is 0.0638 e. The lowest BCUT2D eigenvalue weighted by Gasteiger charge is -2.47. The Morgan fingerprint density at radius 1 is 0.889 bits per heavy atom. The number of aliphatic hydroxyl groups excluding tert-OH is 3. The molecule has 104 valence electrons. The van der Waals surface area contributed by atoms with E-state index in [4.69, 9.17) is 0 Å². The van der Waals surface area contributed by atoms with E-state index < -0.39 is 6.10 Å². The van der Waals surface area contributed by atoms with Gasteiger partial charge >= 0.3 is 0 Å². The summed E-state index contributed by atoms with van der Waals surface area (Å²) in [5.74, 6) is 0.137. The first-order valence-electron chi connectivity index (χ1n) is 7.20. The van der Waals surface area contributed by atoms with Gasteiger partial charge in [0, 0.05) is 5.41 Å². The number of aliphatic hydroxyl groups is 3. The third-order valence-corrected chi connectivity index (χ3v) is 7.12. The van der Waals surface area contributed by atoms with Gasteiger partial charge in [0.25, 0.3) is 0 Å². The molecule has 0 aromatic carbocycles. The minimum Gasteiger partial charge on any atom is -0.393 e. The second kappa shape index (κ2) is 3.31. The van der Waals surface area contributed by atoms with Gasteiger partial charge in [-0.25, -0.2) is 0 Å². The van der Waals surface area contributed by atoms with Crippen molar-refractivity contribution in [3.8, 4) is 0 Å². The Kier molecular flexibility index (Phi) is 2.37. The standard InChI is InChI=1S/C15H26O3/c1-13(2)9(17)5-6-14(3)10-8(16)7-15(14,4)12(18)11(10)13/h8-12,16-18H,5-7H2,1-4H3. The van der Waals surface area contributed by atoms with Crippen LogP contribution in [0, 0.1) is 28.1 Å². The number of rotatable bonds is 0. The van der Waals surface area contributed by atoms with Gasteiger partial charge in [-0.3, -0.25) is 0 Å². The van der Waals surface area contributed by atoms with Crippen molar-refractivity contribution in [1.29, 1.82) is 0 Å². The zero-order valence-electron chi connectivity index (χ0n) is 11.8. The van der Waals surface area contributed by atoms with Gasteiger partial charge in [-0.15, -0.1) is 0 Å². The summed E-state index contributed by atoms with van der Waals surface area (Å²) >= 11 is 0. The van der Waals surface area contributed by atoms with E-state index in [1.807, 2.05) is 13.8 Å². The van der Waals surface area contributed by atoms with Gasteiger partial charge in [0.2, 0.25) is 0 Å². The lowest BCUT2D eigenvalue weighted by molar-refractivity contribution is -0.118. The van der Waals surface area contributed by atoms with Gasteiger partial charge in [-0.2, -0.15) is 0 Å². The van der Waals surface area contributed by atoms with E-state index in [9.17, 15) is 15.3 Å². The van der Waals surface area contributed by atoms with E-state index in [-0.39, 0.29) is 40.3 Å². The molecular weight excluding hydrogens is 228 g/mol. The zero-order valence-corrected chi connectivity index (χ0v) is 11.8. The van der Waals surface area contributed by atoms with E-state index in [1.165, 1.54) is 0 Å². The van der Waals surface area contributed by atoms with Crippen molar-refractivity contribution in [2.45, 2.75) is 65.3 Å². The highest BCUT2D eigenvalue weighted by Crippen LogP contribution is 2.73. The molecule has 0 spiro atoms. The maximum atomic E-state index is 10.8. The average Bonchev–Trinajstić information content (AvgIpc) is 2.52. The van der Waals surface area contributed by atoms with Crippen molar-refractivity contribution < 1.29 is 15.3 Å². The van der Waals surface area contributed by atoms with Gasteiger partial charge in [0.1, 0.15) is 0 Å². The van der Waals surface area contributed by atoms with Crippen LogP contribution in [-0.2, 0) is 0 Å². The molecule has 0 saturated heterocycles. The molecule has 3 rings (SSSR count). The quantitative estimate of drug-likeness (QED) is 0.614. The Labute approximate surface area is 109 Å². The lowest BCUT2D eigenvalue weighted by atomic mass is 9.62. The molecule has 0 radical (unpaired) electrons. The molecule has 3 N–H and O–H groups in total. The van der Waals surface area contributed by atoms with Crippen molar-refractivity contribution in [3.05, 3.63) is 0 Å². The highest BCUT2D eigenvalue weighted by molar-refractivity contribution is 5.23. The minimum atomic E-state index is -0.402. The van der Waals surface area contributed by atoms with Crippen LogP contribution in [0.4, 0.5) is 0 Å². The Bertz CT molecular complexity index is 380. The summed E-state index contributed by atoms with van der Waals surface area (Å²) in [7, 11) is 0. The molecule has 0 heterocycles. The first kappa shape index (κ1) is 12.9. The predicted octanol–water partition coefficient (Wildman–Crippen LogP) is 1.55. The number of hydrogen-bond acceptors (Lipinski definition) is 3. The van der Waals surface area contributed by atoms with Crippen LogP contribution in [0.3, 0.4) is 0 Å². The summed E-state index contributed by atoms with van der Waals surface area (Å²) < 4.78 is 0. The average molecular weight is 254 g/mol. The summed E-state index contributed by atoms with van der Waals surface area (Å²) in [6.07, 6.45) is 1.29. The molecule has 3 heteroatoms. The fraction of sp³-hybridized carbons (Fsp3) is 1.00. The van der Waals surface area contributed by atoms with Crippen LogP contribution in [-0.4, -0.2) is 33.6 Å². The molecule has 18 heavy (non-hydrogen) atoms. The van der Waals surface area contributed by atoms with Crippen LogP contribution >= 0.6 is 0 Å². The molecule has 0 aromatic rings. The fourth-order valence-corrected chi connectivity index (χ4v) is 5.64. The molecular formula is C15H26O3. The van der Waals surface area contributed by atoms with Crippen molar-refractivity contribution in [3.63, 3.8) is 0 Å². The minimum absolute atomic E-state index is 0.00810. The van der Waals surface area contributed by atoms with E-state index in [2.05, 4.69) is 13.8 Å². The molecule has 7 atom stereocenters. The van der Waals surface area contributed by atoms with E-state index in [0.717, 1.165) is 12.8 Å². The topological polar surface area (TPSA) is 60.7 Å². The van der Waals surface area contributed by atoms with Crippen LogP contribution in [0.2, 0.25) is 0 Å². The van der Waals surface area contributed by atoms with Gasteiger partial charge in [-0.05, 0) is 41.9 Å². The first-order chi connectivity index (χ1) is 8.16. The summed E-state index contributed by atoms with van der Waals surface area (Å²) in [5.41, 5.74) is -0.550. The van der Waals surface area contributed by atoms with Gasteiger partial charge < -0.3 is 15.3 Å². The highest BCUT2D eigenvalue weighted by Gasteiger charge is 2.74. The second-order valence-electron chi connectivity index (χ2n) is 7.98. The zero-order chi connectivity index (χ0) is 13.5. The molecule has 3 saturated carbocycles. The molecule has 0 amide bonds. The summed E-state index contributed by atoms with van der Waals surface area (Å²) in [4.78, 5) is 0. The van der Waals surface area contributed by atoms with Crippen molar-refractivity contribution in [2.24, 2.45) is 28.1 Å². The number of hydrogen-bond donors (Lipinski definition) is 3. The fourth-order valence-electron chi connectivity index (χ4n) is 5.64. The molecule has 0 aromatic heterocycles. The summed E-state index contributed by atoms with van der Waals surface area (Å²) in [5, 5.41) is 31.6. The molecule has 4 bridgehead atoms.